The maximum atomic E-state index is 12.5. The Bertz CT molecular complexity index is 516. The number of alkyl halides is 3. The van der Waals surface area contributed by atoms with Gasteiger partial charge < -0.3 is 0 Å². The number of rotatable bonds is 2. The molecule has 0 unspecified atom stereocenters. The van der Waals surface area contributed by atoms with Crippen molar-refractivity contribution in [3.8, 4) is 0 Å². The first-order valence-electron chi connectivity index (χ1n) is 3.59. The molecule has 0 saturated heterocycles. The molecule has 16 heavy (non-hydrogen) atoms. The van der Waals surface area contributed by atoms with Crippen LogP contribution < -0.4 is 0 Å². The molecule has 1 rings (SSSR count). The summed E-state index contributed by atoms with van der Waals surface area (Å²) in [4.78, 5) is -0.304. The highest BCUT2D eigenvalue weighted by Gasteiger charge is 2.37. The van der Waals surface area contributed by atoms with Crippen LogP contribution >= 0.6 is 33.6 Å². The van der Waals surface area contributed by atoms with Gasteiger partial charge in [0.2, 0.25) is 0 Å². The fraction of sp³-hybridized carbons (Fsp3) is 0.143. The van der Waals surface area contributed by atoms with Crippen LogP contribution in [0.4, 0.5) is 13.2 Å². The van der Waals surface area contributed by atoms with E-state index in [1.165, 1.54) is 6.07 Å². The first-order chi connectivity index (χ1) is 7.09. The van der Waals surface area contributed by atoms with Crippen LogP contribution in [0.1, 0.15) is 4.88 Å². The molecule has 90 valence electrons. The lowest BCUT2D eigenvalue weighted by molar-refractivity contribution is -0.0686. The third-order valence-corrected chi connectivity index (χ3v) is 3.45. The van der Waals surface area contributed by atoms with Gasteiger partial charge in [0.25, 0.3) is 9.05 Å². The molecule has 0 N–H and O–H groups in total. The molecule has 0 radical (unpaired) electrons. The van der Waals surface area contributed by atoms with E-state index in [4.69, 9.17) is 22.3 Å². The van der Waals surface area contributed by atoms with Gasteiger partial charge in [0, 0.05) is 15.6 Å². The zero-order valence-corrected chi connectivity index (χ0v) is 10.4. The molecule has 0 fully saturated rings. The SMILES string of the molecule is O=S(=O)(Cl)/C=C(/c1ccc(Cl)s1)C(F)(F)F. The zero-order valence-electron chi connectivity index (χ0n) is 7.25. The summed E-state index contributed by atoms with van der Waals surface area (Å²) in [6.07, 6.45) is -4.81. The Labute approximate surface area is 103 Å². The topological polar surface area (TPSA) is 34.1 Å². The van der Waals surface area contributed by atoms with Gasteiger partial charge >= 0.3 is 6.18 Å². The first-order valence-corrected chi connectivity index (χ1v) is 7.15. The molecule has 0 bridgehead atoms. The third-order valence-electron chi connectivity index (χ3n) is 1.40. The highest BCUT2D eigenvalue weighted by atomic mass is 35.7. The van der Waals surface area contributed by atoms with E-state index in [9.17, 15) is 21.6 Å². The number of hydrogen-bond donors (Lipinski definition) is 0. The molecule has 0 aliphatic rings. The molecular weight excluding hydrogens is 308 g/mol. The highest BCUT2D eigenvalue weighted by Crippen LogP contribution is 2.39. The molecule has 1 heterocycles. The summed E-state index contributed by atoms with van der Waals surface area (Å²) < 4.78 is 58.9. The number of allylic oxidation sites excluding steroid dienone is 1. The van der Waals surface area contributed by atoms with E-state index in [-0.39, 0.29) is 14.6 Å². The molecular formula is C7H3Cl2F3O2S2. The second-order valence-electron chi connectivity index (χ2n) is 2.61. The van der Waals surface area contributed by atoms with E-state index >= 15 is 0 Å². The van der Waals surface area contributed by atoms with Crippen LogP contribution in [-0.4, -0.2) is 14.6 Å². The lowest BCUT2D eigenvalue weighted by Crippen LogP contribution is -2.10. The Morgan fingerprint density at radius 1 is 1.38 bits per heavy atom. The normalized spacial score (nSPS) is 14.2. The molecule has 0 saturated carbocycles. The van der Waals surface area contributed by atoms with Crippen LogP contribution in [-0.2, 0) is 9.05 Å². The molecule has 1 aromatic rings. The standard InChI is InChI=1S/C7H3Cl2F3O2S2/c8-6-2-1-5(15-6)4(7(10,11)12)3-16(9,13)14/h1-3H/b4-3-. The van der Waals surface area contributed by atoms with Crippen molar-refractivity contribution >= 4 is 48.2 Å². The van der Waals surface area contributed by atoms with Crippen molar-refractivity contribution in [1.29, 1.82) is 0 Å². The lowest BCUT2D eigenvalue weighted by atomic mass is 10.2. The number of halogens is 5. The highest BCUT2D eigenvalue weighted by molar-refractivity contribution is 8.16. The third kappa shape index (κ3) is 3.97. The second kappa shape index (κ2) is 4.56. The lowest BCUT2D eigenvalue weighted by Gasteiger charge is -2.08. The van der Waals surface area contributed by atoms with E-state index < -0.39 is 20.8 Å². The van der Waals surface area contributed by atoms with Crippen LogP contribution in [0.2, 0.25) is 4.34 Å². The van der Waals surface area contributed by atoms with Crippen molar-refractivity contribution < 1.29 is 21.6 Å². The number of thiophene rings is 1. The molecule has 9 heteroatoms. The van der Waals surface area contributed by atoms with Crippen molar-refractivity contribution in [2.24, 2.45) is 0 Å². The minimum Gasteiger partial charge on any atom is -0.208 e. The van der Waals surface area contributed by atoms with Gasteiger partial charge in [-0.15, -0.1) is 11.3 Å². The minimum atomic E-state index is -4.81. The van der Waals surface area contributed by atoms with Crippen molar-refractivity contribution in [2.75, 3.05) is 0 Å². The maximum absolute atomic E-state index is 12.5. The van der Waals surface area contributed by atoms with Crippen LogP contribution in [0.5, 0.6) is 0 Å². The van der Waals surface area contributed by atoms with Gasteiger partial charge in [0.1, 0.15) is 0 Å². The van der Waals surface area contributed by atoms with E-state index in [0.717, 1.165) is 6.07 Å². The van der Waals surface area contributed by atoms with Gasteiger partial charge in [-0.25, -0.2) is 8.42 Å². The fourth-order valence-corrected chi connectivity index (χ4v) is 2.83. The van der Waals surface area contributed by atoms with E-state index in [2.05, 4.69) is 0 Å². The van der Waals surface area contributed by atoms with Crippen molar-refractivity contribution in [3.63, 3.8) is 0 Å². The first kappa shape index (κ1) is 13.8. The Hall–Kier alpha value is -0.240. The average Bonchev–Trinajstić information content (AvgIpc) is 2.43. The molecule has 2 nitrogen and oxygen atoms in total. The zero-order chi connectivity index (χ0) is 12.6. The molecule has 0 aliphatic carbocycles. The Morgan fingerprint density at radius 3 is 2.25 bits per heavy atom. The summed E-state index contributed by atoms with van der Waals surface area (Å²) in [6.45, 7) is 0. The predicted octanol–water partition coefficient (Wildman–Crippen LogP) is 3.87. The Kier molecular flexibility index (Phi) is 3.94. The van der Waals surface area contributed by atoms with Crippen LogP contribution in [0.25, 0.3) is 5.57 Å². The summed E-state index contributed by atoms with van der Waals surface area (Å²) in [5, 5.41) is -0.0310. The maximum Gasteiger partial charge on any atom is 0.418 e. The summed E-state index contributed by atoms with van der Waals surface area (Å²) in [5.74, 6) is 0. The van der Waals surface area contributed by atoms with Crippen LogP contribution in [0, 0.1) is 0 Å². The van der Waals surface area contributed by atoms with Gasteiger partial charge in [-0.05, 0) is 12.1 Å². The molecule has 0 aliphatic heterocycles. The van der Waals surface area contributed by atoms with Gasteiger partial charge in [-0.2, -0.15) is 13.2 Å². The van der Waals surface area contributed by atoms with E-state index in [1.807, 2.05) is 0 Å². The minimum absolute atomic E-state index is 0.0310. The largest absolute Gasteiger partial charge is 0.418 e. The van der Waals surface area contributed by atoms with Crippen molar-refractivity contribution in [3.05, 3.63) is 26.8 Å². The Balaban J connectivity index is 3.34. The second-order valence-corrected chi connectivity index (χ2v) is 6.80. The predicted molar refractivity (Wildman–Crippen MR) is 58.1 cm³/mol. The van der Waals surface area contributed by atoms with E-state index in [1.54, 1.807) is 0 Å². The average molecular weight is 311 g/mol. The van der Waals surface area contributed by atoms with Crippen molar-refractivity contribution in [1.82, 2.24) is 0 Å². The van der Waals surface area contributed by atoms with Gasteiger partial charge in [-0.1, -0.05) is 11.6 Å². The molecule has 0 atom stereocenters. The number of hydrogen-bond acceptors (Lipinski definition) is 3. The monoisotopic (exact) mass is 310 g/mol. The van der Waals surface area contributed by atoms with E-state index in [0.29, 0.717) is 11.3 Å². The smallest absolute Gasteiger partial charge is 0.208 e. The van der Waals surface area contributed by atoms with Gasteiger partial charge in [-0.3, -0.25) is 0 Å². The van der Waals surface area contributed by atoms with Gasteiger partial charge in [0.15, 0.2) is 0 Å². The van der Waals surface area contributed by atoms with Crippen LogP contribution in [0.15, 0.2) is 17.5 Å². The summed E-state index contributed by atoms with van der Waals surface area (Å²) in [5.41, 5.74) is -1.33. The molecule has 0 spiro atoms. The molecule has 0 aromatic carbocycles. The summed E-state index contributed by atoms with van der Waals surface area (Å²) in [7, 11) is 0.367. The quantitative estimate of drug-likeness (QED) is 0.777. The van der Waals surface area contributed by atoms with Gasteiger partial charge in [0.05, 0.1) is 15.3 Å². The molecule has 1 aromatic heterocycles. The molecule has 0 amide bonds. The van der Waals surface area contributed by atoms with Crippen molar-refractivity contribution in [2.45, 2.75) is 6.18 Å². The summed E-state index contributed by atoms with van der Waals surface area (Å²) >= 11 is 6.08. The fourth-order valence-electron chi connectivity index (χ4n) is 0.864. The van der Waals surface area contributed by atoms with Crippen LogP contribution in [0.3, 0.4) is 0 Å². The summed E-state index contributed by atoms with van der Waals surface area (Å²) in [6, 6.07) is 2.32. The Morgan fingerprint density at radius 2 is 1.94 bits per heavy atom.